The molecule has 0 saturated carbocycles. The maximum Gasteiger partial charge on any atom is 0.254 e. The number of anilines is 2. The van der Waals surface area contributed by atoms with Gasteiger partial charge in [-0.25, -0.2) is 0 Å². The number of para-hydroxylation sites is 1. The number of piperazine rings is 1. The van der Waals surface area contributed by atoms with E-state index in [0.717, 1.165) is 40.3 Å². The number of fused-ring (bicyclic) bond motifs is 1. The summed E-state index contributed by atoms with van der Waals surface area (Å²) in [5.41, 5.74) is 3.39. The van der Waals surface area contributed by atoms with Crippen LogP contribution in [0.4, 0.5) is 11.4 Å². The molecule has 1 N–H and O–H groups in total. The number of hydrogen-bond donors (Lipinski definition) is 1. The average molecular weight is 513 g/mol. The predicted octanol–water partition coefficient (Wildman–Crippen LogP) is 4.94. The lowest BCUT2D eigenvalue weighted by molar-refractivity contribution is -0.113. The molecule has 0 unspecified atom stereocenters. The molecule has 188 valence electrons. The molecule has 1 fully saturated rings. The number of hydrogen-bond acceptors (Lipinski definition) is 6. The first-order valence-corrected chi connectivity index (χ1v) is 13.1. The van der Waals surface area contributed by atoms with Gasteiger partial charge in [0.25, 0.3) is 5.91 Å². The monoisotopic (exact) mass is 512 g/mol. The van der Waals surface area contributed by atoms with Gasteiger partial charge in [0.15, 0.2) is 0 Å². The van der Waals surface area contributed by atoms with E-state index in [4.69, 9.17) is 4.74 Å². The SMILES string of the molecule is COc1cccc(C(=O)N2CCN(c3ccc(NC(=O)CSc4cccc5cccnc45)cc3)CC2)c1. The Labute approximate surface area is 220 Å². The van der Waals surface area contributed by atoms with Gasteiger partial charge in [-0.15, -0.1) is 11.8 Å². The quantitative estimate of drug-likeness (QED) is 0.354. The number of methoxy groups -OCH3 is 1. The maximum absolute atomic E-state index is 12.9. The molecule has 2 amide bonds. The summed E-state index contributed by atoms with van der Waals surface area (Å²) in [4.78, 5) is 35.0. The minimum atomic E-state index is -0.0599. The van der Waals surface area contributed by atoms with Crippen LogP contribution in [0.1, 0.15) is 10.4 Å². The molecule has 3 aromatic carbocycles. The number of carbonyl (C=O) groups is 2. The Morgan fingerprint density at radius 2 is 1.70 bits per heavy atom. The number of ether oxygens (including phenoxy) is 1. The Hall–Kier alpha value is -4.04. The zero-order valence-electron chi connectivity index (χ0n) is 20.6. The summed E-state index contributed by atoms with van der Waals surface area (Å²) in [6.07, 6.45) is 1.77. The van der Waals surface area contributed by atoms with E-state index in [1.807, 2.05) is 77.7 Å². The summed E-state index contributed by atoms with van der Waals surface area (Å²) in [5.74, 6) is 0.950. The largest absolute Gasteiger partial charge is 0.497 e. The molecule has 8 heteroatoms. The third-order valence-corrected chi connectivity index (χ3v) is 7.40. The van der Waals surface area contributed by atoms with Crippen molar-refractivity contribution >= 4 is 45.9 Å². The van der Waals surface area contributed by atoms with Crippen molar-refractivity contribution < 1.29 is 14.3 Å². The fraction of sp³-hybridized carbons (Fsp3) is 0.207. The van der Waals surface area contributed by atoms with Crippen LogP contribution in [0.5, 0.6) is 5.75 Å². The van der Waals surface area contributed by atoms with Crippen LogP contribution in [-0.2, 0) is 4.79 Å². The van der Waals surface area contributed by atoms with Gasteiger partial charge < -0.3 is 19.9 Å². The second-order valence-electron chi connectivity index (χ2n) is 8.73. The number of aromatic nitrogens is 1. The summed E-state index contributed by atoms with van der Waals surface area (Å²) in [6.45, 7) is 2.79. The predicted molar refractivity (Wildman–Crippen MR) is 149 cm³/mol. The molecule has 0 radical (unpaired) electrons. The van der Waals surface area contributed by atoms with Crippen molar-refractivity contribution in [3.05, 3.63) is 90.6 Å². The van der Waals surface area contributed by atoms with E-state index < -0.39 is 0 Å². The number of nitrogens with one attached hydrogen (secondary N) is 1. The number of thioether (sulfide) groups is 1. The highest BCUT2D eigenvalue weighted by molar-refractivity contribution is 8.00. The smallest absolute Gasteiger partial charge is 0.254 e. The van der Waals surface area contributed by atoms with Crippen LogP contribution in [0.25, 0.3) is 10.9 Å². The van der Waals surface area contributed by atoms with Crippen molar-refractivity contribution in [2.45, 2.75) is 4.90 Å². The molecule has 5 rings (SSSR count). The average Bonchev–Trinajstić information content (AvgIpc) is 2.96. The number of rotatable bonds is 7. The minimum Gasteiger partial charge on any atom is -0.497 e. The van der Waals surface area contributed by atoms with E-state index in [9.17, 15) is 9.59 Å². The van der Waals surface area contributed by atoms with Crippen molar-refractivity contribution in [1.29, 1.82) is 0 Å². The van der Waals surface area contributed by atoms with E-state index >= 15 is 0 Å². The van der Waals surface area contributed by atoms with Crippen LogP contribution in [0.3, 0.4) is 0 Å². The summed E-state index contributed by atoms with van der Waals surface area (Å²) in [6, 6.07) is 25.1. The van der Waals surface area contributed by atoms with Crippen molar-refractivity contribution in [1.82, 2.24) is 9.88 Å². The van der Waals surface area contributed by atoms with E-state index in [2.05, 4.69) is 15.2 Å². The first-order valence-electron chi connectivity index (χ1n) is 12.2. The summed E-state index contributed by atoms with van der Waals surface area (Å²) in [5, 5.41) is 4.04. The number of amides is 2. The third kappa shape index (κ3) is 5.86. The zero-order chi connectivity index (χ0) is 25.6. The van der Waals surface area contributed by atoms with Gasteiger partial charge in [-0.3, -0.25) is 14.6 Å². The zero-order valence-corrected chi connectivity index (χ0v) is 21.4. The normalized spacial score (nSPS) is 13.4. The first kappa shape index (κ1) is 24.6. The highest BCUT2D eigenvalue weighted by Crippen LogP contribution is 2.26. The second-order valence-corrected chi connectivity index (χ2v) is 9.74. The van der Waals surface area contributed by atoms with Crippen LogP contribution in [-0.4, -0.2) is 60.7 Å². The number of pyridine rings is 1. The molecule has 1 aliphatic heterocycles. The van der Waals surface area contributed by atoms with Crippen molar-refractivity contribution in [3.63, 3.8) is 0 Å². The lowest BCUT2D eigenvalue weighted by atomic mass is 10.1. The highest BCUT2D eigenvalue weighted by Gasteiger charge is 2.22. The second kappa shape index (κ2) is 11.3. The molecule has 0 bridgehead atoms. The molecular weight excluding hydrogens is 484 g/mol. The number of carbonyl (C=O) groups excluding carboxylic acids is 2. The van der Waals surface area contributed by atoms with Crippen molar-refractivity contribution in [3.8, 4) is 5.75 Å². The molecular formula is C29H28N4O3S. The molecule has 0 aliphatic carbocycles. The van der Waals surface area contributed by atoms with Crippen molar-refractivity contribution in [2.24, 2.45) is 0 Å². The molecule has 1 aromatic heterocycles. The van der Waals surface area contributed by atoms with E-state index in [0.29, 0.717) is 30.2 Å². The Bertz CT molecular complexity index is 1400. The van der Waals surface area contributed by atoms with Crippen LogP contribution >= 0.6 is 11.8 Å². The van der Waals surface area contributed by atoms with Crippen molar-refractivity contribution in [2.75, 3.05) is 49.3 Å². The van der Waals surface area contributed by atoms with E-state index in [1.54, 1.807) is 19.4 Å². The molecule has 2 heterocycles. The topological polar surface area (TPSA) is 74.8 Å². The van der Waals surface area contributed by atoms with E-state index in [-0.39, 0.29) is 11.8 Å². The minimum absolute atomic E-state index is 0.0220. The van der Waals surface area contributed by atoms with Gasteiger partial charge in [0.05, 0.1) is 18.4 Å². The molecule has 7 nitrogen and oxygen atoms in total. The first-order chi connectivity index (χ1) is 18.1. The molecule has 4 aromatic rings. The summed E-state index contributed by atoms with van der Waals surface area (Å²) >= 11 is 1.48. The molecule has 0 atom stereocenters. The Morgan fingerprint density at radius 1 is 0.946 bits per heavy atom. The van der Waals surface area contributed by atoms with Crippen LogP contribution in [0, 0.1) is 0 Å². The van der Waals surface area contributed by atoms with Crippen LogP contribution in [0.2, 0.25) is 0 Å². The lowest BCUT2D eigenvalue weighted by Crippen LogP contribution is -2.48. The van der Waals surface area contributed by atoms with Gasteiger partial charge in [-0.2, -0.15) is 0 Å². The summed E-state index contributed by atoms with van der Waals surface area (Å²) < 4.78 is 5.24. The molecule has 37 heavy (non-hydrogen) atoms. The number of nitrogens with zero attached hydrogens (tertiary/aromatic N) is 3. The van der Waals surface area contributed by atoms with Crippen LogP contribution < -0.4 is 15.0 Å². The molecule has 1 saturated heterocycles. The highest BCUT2D eigenvalue weighted by atomic mass is 32.2. The van der Waals surface area contributed by atoms with Gasteiger partial charge in [0.2, 0.25) is 5.91 Å². The fourth-order valence-electron chi connectivity index (χ4n) is 4.40. The maximum atomic E-state index is 12.9. The van der Waals surface area contributed by atoms with E-state index in [1.165, 1.54) is 11.8 Å². The Morgan fingerprint density at radius 3 is 2.49 bits per heavy atom. The van der Waals surface area contributed by atoms with Gasteiger partial charge >= 0.3 is 0 Å². The number of benzene rings is 3. The van der Waals surface area contributed by atoms with Gasteiger partial charge in [0.1, 0.15) is 5.75 Å². The molecule has 0 spiro atoms. The Kier molecular flexibility index (Phi) is 7.56. The standard InChI is InChI=1S/C29H28N4O3S/c1-36-25-8-2-6-22(19-25)29(35)33-17-15-32(16-18-33)24-12-10-23(11-13-24)31-27(34)20-37-26-9-3-5-21-7-4-14-30-28(21)26/h2-14,19H,15-18,20H2,1H3,(H,31,34). The van der Waals surface area contributed by atoms with Gasteiger partial charge in [-0.05, 0) is 54.6 Å². The molecule has 1 aliphatic rings. The van der Waals surface area contributed by atoms with Gasteiger partial charge in [0, 0.05) is 59.6 Å². The van der Waals surface area contributed by atoms with Crippen LogP contribution in [0.15, 0.2) is 90.0 Å². The van der Waals surface area contributed by atoms with Gasteiger partial charge in [-0.1, -0.05) is 24.3 Å². The lowest BCUT2D eigenvalue weighted by Gasteiger charge is -2.36. The Balaban J connectivity index is 1.12. The summed E-state index contributed by atoms with van der Waals surface area (Å²) in [7, 11) is 1.60. The third-order valence-electron chi connectivity index (χ3n) is 6.35. The fourth-order valence-corrected chi connectivity index (χ4v) is 5.24.